The van der Waals surface area contributed by atoms with Gasteiger partial charge in [0.1, 0.15) is 18.1 Å². The lowest BCUT2D eigenvalue weighted by Gasteiger charge is -2.25. The molecule has 0 fully saturated rings. The average molecular weight is 499 g/mol. The monoisotopic (exact) mass is 498 g/mol. The number of aliphatic hydroxyl groups excluding tert-OH is 3. The van der Waals surface area contributed by atoms with Gasteiger partial charge in [0, 0.05) is 6.42 Å². The van der Waals surface area contributed by atoms with Gasteiger partial charge in [0.15, 0.2) is 17.3 Å². The SMILES string of the molecule is CC(=O)C(CCCCC[C@@H](O)C/C=C\CCCCCCCC(=O)OCC(O)CO)(C(C)=O)C(C)=O. The van der Waals surface area contributed by atoms with Crippen molar-refractivity contribution in [2.75, 3.05) is 13.2 Å². The van der Waals surface area contributed by atoms with Crippen molar-refractivity contribution in [1.29, 1.82) is 0 Å². The van der Waals surface area contributed by atoms with Crippen LogP contribution in [-0.4, -0.2) is 64.1 Å². The first-order valence-electron chi connectivity index (χ1n) is 12.9. The van der Waals surface area contributed by atoms with Crippen molar-refractivity contribution in [3.8, 4) is 0 Å². The first-order valence-corrected chi connectivity index (χ1v) is 12.9. The fourth-order valence-corrected chi connectivity index (χ4v) is 4.08. The van der Waals surface area contributed by atoms with Gasteiger partial charge in [-0.1, -0.05) is 50.7 Å². The van der Waals surface area contributed by atoms with Gasteiger partial charge in [-0.25, -0.2) is 0 Å². The number of carbonyl (C=O) groups is 4. The molecule has 0 aromatic carbocycles. The number of ketones is 3. The van der Waals surface area contributed by atoms with Crippen LogP contribution >= 0.6 is 0 Å². The highest BCUT2D eigenvalue weighted by molar-refractivity contribution is 6.22. The number of ether oxygens (including phenoxy) is 1. The summed E-state index contributed by atoms with van der Waals surface area (Å²) in [5, 5.41) is 27.9. The second-order valence-electron chi connectivity index (χ2n) is 9.36. The lowest BCUT2D eigenvalue weighted by Crippen LogP contribution is -2.43. The van der Waals surface area contributed by atoms with Crippen LogP contribution in [0.5, 0.6) is 0 Å². The molecule has 0 heterocycles. The zero-order valence-electron chi connectivity index (χ0n) is 21.8. The molecule has 0 spiro atoms. The van der Waals surface area contributed by atoms with E-state index in [1.807, 2.05) is 6.08 Å². The van der Waals surface area contributed by atoms with E-state index < -0.39 is 24.2 Å². The molecule has 202 valence electrons. The number of allylic oxidation sites excluding steroid dienone is 1. The smallest absolute Gasteiger partial charge is 0.305 e. The van der Waals surface area contributed by atoms with Crippen molar-refractivity contribution >= 4 is 23.3 Å². The van der Waals surface area contributed by atoms with E-state index in [2.05, 4.69) is 6.08 Å². The molecule has 0 radical (unpaired) electrons. The summed E-state index contributed by atoms with van der Waals surface area (Å²) in [6, 6.07) is 0. The number of unbranched alkanes of at least 4 members (excludes halogenated alkanes) is 7. The second kappa shape index (κ2) is 19.3. The molecule has 0 aromatic heterocycles. The standard InChI is InChI=1S/C27H46O8/c1-21(29)27(22(2)30,23(3)31)18-14-10-12-16-24(32)15-11-8-6-4-5-7-9-13-17-26(34)35-20-25(33)19-28/h8,11,24-25,28,32-33H,4-7,9-10,12-20H2,1-3H3/b11-8-/t24-,25?/m0/s1. The molecule has 0 saturated heterocycles. The lowest BCUT2D eigenvalue weighted by atomic mass is 9.73. The zero-order chi connectivity index (χ0) is 26.7. The topological polar surface area (TPSA) is 138 Å². The Morgan fingerprint density at radius 2 is 1.34 bits per heavy atom. The van der Waals surface area contributed by atoms with Crippen molar-refractivity contribution in [3.05, 3.63) is 12.2 Å². The highest BCUT2D eigenvalue weighted by Crippen LogP contribution is 2.29. The molecule has 0 aliphatic carbocycles. The van der Waals surface area contributed by atoms with Crippen LogP contribution in [0.25, 0.3) is 0 Å². The predicted octanol–water partition coefficient (Wildman–Crippen LogP) is 3.62. The minimum Gasteiger partial charge on any atom is -0.463 e. The molecular weight excluding hydrogens is 452 g/mol. The van der Waals surface area contributed by atoms with E-state index in [9.17, 15) is 24.3 Å². The molecule has 0 bridgehead atoms. The summed E-state index contributed by atoms with van der Waals surface area (Å²) in [5.74, 6) is -1.52. The van der Waals surface area contributed by atoms with Gasteiger partial charge in [0.25, 0.3) is 0 Å². The summed E-state index contributed by atoms with van der Waals surface area (Å²) in [6.07, 6.45) is 12.3. The number of Topliss-reactive ketones (excluding diaryl/α,β-unsaturated/α-hetero) is 3. The number of carbonyl (C=O) groups excluding carboxylic acids is 4. The Morgan fingerprint density at radius 1 is 0.771 bits per heavy atom. The number of aliphatic hydroxyl groups is 3. The van der Waals surface area contributed by atoms with E-state index in [0.717, 1.165) is 51.4 Å². The van der Waals surface area contributed by atoms with E-state index in [1.165, 1.54) is 20.8 Å². The van der Waals surface area contributed by atoms with Gasteiger partial charge in [-0.15, -0.1) is 0 Å². The second-order valence-corrected chi connectivity index (χ2v) is 9.36. The van der Waals surface area contributed by atoms with Crippen LogP contribution in [0.3, 0.4) is 0 Å². The number of hydrogen-bond acceptors (Lipinski definition) is 8. The van der Waals surface area contributed by atoms with Gasteiger partial charge in [-0.3, -0.25) is 19.2 Å². The van der Waals surface area contributed by atoms with Crippen LogP contribution in [0.1, 0.15) is 104 Å². The summed E-state index contributed by atoms with van der Waals surface area (Å²) >= 11 is 0. The Hall–Kier alpha value is -1.90. The van der Waals surface area contributed by atoms with Crippen LogP contribution in [-0.2, 0) is 23.9 Å². The molecule has 0 rings (SSSR count). The molecule has 8 heteroatoms. The lowest BCUT2D eigenvalue weighted by molar-refractivity contribution is -0.148. The Balaban J connectivity index is 3.79. The highest BCUT2D eigenvalue weighted by atomic mass is 16.5. The van der Waals surface area contributed by atoms with Crippen molar-refractivity contribution in [1.82, 2.24) is 0 Å². The molecule has 0 saturated carbocycles. The maximum atomic E-state index is 11.9. The molecule has 2 atom stereocenters. The third kappa shape index (κ3) is 14.3. The van der Waals surface area contributed by atoms with Crippen molar-refractivity contribution in [3.63, 3.8) is 0 Å². The molecule has 8 nitrogen and oxygen atoms in total. The van der Waals surface area contributed by atoms with Crippen molar-refractivity contribution < 1.29 is 39.2 Å². The fourth-order valence-electron chi connectivity index (χ4n) is 4.08. The van der Waals surface area contributed by atoms with Gasteiger partial charge in [0.05, 0.1) is 12.7 Å². The maximum Gasteiger partial charge on any atom is 0.305 e. The third-order valence-electron chi connectivity index (χ3n) is 6.37. The van der Waals surface area contributed by atoms with Gasteiger partial charge in [0.2, 0.25) is 0 Å². The van der Waals surface area contributed by atoms with E-state index in [4.69, 9.17) is 14.9 Å². The molecule has 0 aliphatic heterocycles. The Kier molecular flexibility index (Phi) is 18.3. The molecular formula is C27H46O8. The normalized spacial score (nSPS) is 13.5. The number of esters is 1. The maximum absolute atomic E-state index is 11.9. The van der Waals surface area contributed by atoms with Gasteiger partial charge < -0.3 is 20.1 Å². The van der Waals surface area contributed by atoms with Gasteiger partial charge in [-0.05, 0) is 59.3 Å². The molecule has 0 aliphatic rings. The molecule has 0 amide bonds. The van der Waals surface area contributed by atoms with Crippen LogP contribution in [0.4, 0.5) is 0 Å². The van der Waals surface area contributed by atoms with Gasteiger partial charge >= 0.3 is 5.97 Å². The summed E-state index contributed by atoms with van der Waals surface area (Å²) in [7, 11) is 0. The predicted molar refractivity (Wildman–Crippen MR) is 134 cm³/mol. The Morgan fingerprint density at radius 3 is 1.94 bits per heavy atom. The molecule has 3 N–H and O–H groups in total. The Labute approximate surface area is 210 Å². The minimum absolute atomic E-state index is 0.166. The number of rotatable bonds is 22. The van der Waals surface area contributed by atoms with Crippen LogP contribution in [0.15, 0.2) is 12.2 Å². The van der Waals surface area contributed by atoms with Gasteiger partial charge in [-0.2, -0.15) is 0 Å². The van der Waals surface area contributed by atoms with Crippen LogP contribution in [0.2, 0.25) is 0 Å². The molecule has 1 unspecified atom stereocenters. The highest BCUT2D eigenvalue weighted by Gasteiger charge is 2.44. The zero-order valence-corrected chi connectivity index (χ0v) is 21.8. The summed E-state index contributed by atoms with van der Waals surface area (Å²) in [6.45, 7) is 3.31. The molecule has 0 aromatic rings. The van der Waals surface area contributed by atoms with E-state index in [1.54, 1.807) is 0 Å². The van der Waals surface area contributed by atoms with Crippen LogP contribution < -0.4 is 0 Å². The summed E-state index contributed by atoms with van der Waals surface area (Å²) in [4.78, 5) is 47.3. The minimum atomic E-state index is -1.50. The quantitative estimate of drug-likeness (QED) is 0.0890. The first-order chi connectivity index (χ1) is 16.6. The Bertz CT molecular complexity index is 634. The third-order valence-corrected chi connectivity index (χ3v) is 6.37. The molecule has 35 heavy (non-hydrogen) atoms. The van der Waals surface area contributed by atoms with E-state index >= 15 is 0 Å². The van der Waals surface area contributed by atoms with E-state index in [0.29, 0.717) is 25.7 Å². The summed E-state index contributed by atoms with van der Waals surface area (Å²) in [5.41, 5.74) is -1.50. The largest absolute Gasteiger partial charge is 0.463 e. The number of hydrogen-bond donors (Lipinski definition) is 3. The summed E-state index contributed by atoms with van der Waals surface area (Å²) < 4.78 is 4.85. The van der Waals surface area contributed by atoms with Crippen LogP contribution in [0, 0.1) is 5.41 Å². The average Bonchev–Trinajstić information content (AvgIpc) is 2.80. The van der Waals surface area contributed by atoms with E-state index in [-0.39, 0.29) is 36.3 Å². The fraction of sp³-hybridized carbons (Fsp3) is 0.778. The van der Waals surface area contributed by atoms with Crippen molar-refractivity contribution in [2.45, 2.75) is 116 Å². The first kappa shape index (κ1) is 33.1. The van der Waals surface area contributed by atoms with Crippen molar-refractivity contribution in [2.24, 2.45) is 5.41 Å².